The minimum absolute atomic E-state index is 0.125. The first kappa shape index (κ1) is 24.1. The number of anilines is 1. The molecule has 0 fully saturated rings. The van der Waals surface area contributed by atoms with Crippen molar-refractivity contribution in [2.45, 2.75) is 18.1 Å². The highest BCUT2D eigenvalue weighted by Crippen LogP contribution is 2.25. The predicted octanol–water partition coefficient (Wildman–Crippen LogP) is 3.83. The second-order valence-electron chi connectivity index (χ2n) is 6.73. The maximum absolute atomic E-state index is 12.2. The van der Waals surface area contributed by atoms with E-state index in [0.29, 0.717) is 21.7 Å². The van der Waals surface area contributed by atoms with Gasteiger partial charge in [0.15, 0.2) is 11.0 Å². The fraction of sp³-hybridized carbons (Fsp3) is 0.238. The van der Waals surface area contributed by atoms with E-state index in [4.69, 9.17) is 16.3 Å². The molecule has 2 N–H and O–H groups in total. The lowest BCUT2D eigenvalue weighted by Gasteiger charge is -2.07. The Kier molecular flexibility index (Phi) is 8.54. The Morgan fingerprint density at radius 2 is 1.91 bits per heavy atom. The molecule has 0 unspecified atom stereocenters. The normalized spacial score (nSPS) is 10.6. The molecule has 2 amide bonds. The Bertz CT molecular complexity index is 1110. The first-order chi connectivity index (χ1) is 15.4. The predicted molar refractivity (Wildman–Crippen MR) is 128 cm³/mol. The van der Waals surface area contributed by atoms with Crippen molar-refractivity contribution < 1.29 is 14.3 Å². The van der Waals surface area contributed by atoms with Gasteiger partial charge in [-0.15, -0.1) is 10.2 Å². The zero-order chi connectivity index (χ0) is 23.1. The maximum Gasteiger partial charge on any atom is 0.234 e. The van der Waals surface area contributed by atoms with Gasteiger partial charge in [0.25, 0.3) is 0 Å². The van der Waals surface area contributed by atoms with Gasteiger partial charge in [0.05, 0.1) is 30.9 Å². The number of nitrogens with zero attached hydrogens (tertiary/aromatic N) is 3. The van der Waals surface area contributed by atoms with Crippen LogP contribution in [0.3, 0.4) is 0 Å². The Labute approximate surface area is 203 Å². The van der Waals surface area contributed by atoms with E-state index in [0.717, 1.165) is 15.8 Å². The Morgan fingerprint density at radius 3 is 2.59 bits per heavy atom. The summed E-state index contributed by atoms with van der Waals surface area (Å²) < 4.78 is 7.63. The van der Waals surface area contributed by atoms with E-state index in [1.807, 2.05) is 24.3 Å². The van der Waals surface area contributed by atoms with Crippen molar-refractivity contribution in [3.8, 4) is 5.75 Å². The molecule has 0 aliphatic carbocycles. The molecule has 0 bridgehead atoms. The second-order valence-corrected chi connectivity index (χ2v) is 8.93. The van der Waals surface area contributed by atoms with E-state index in [-0.39, 0.29) is 30.5 Å². The molecule has 0 aliphatic rings. The van der Waals surface area contributed by atoms with Gasteiger partial charge in [-0.2, -0.15) is 0 Å². The quantitative estimate of drug-likeness (QED) is 0.402. The maximum atomic E-state index is 12.2. The fourth-order valence-electron chi connectivity index (χ4n) is 2.69. The summed E-state index contributed by atoms with van der Waals surface area (Å²) in [6, 6.07) is 12.5. The molecule has 168 valence electrons. The number of carbonyl (C=O) groups excluding carboxylic acids is 2. The van der Waals surface area contributed by atoms with Gasteiger partial charge in [-0.25, -0.2) is 0 Å². The van der Waals surface area contributed by atoms with Crippen LogP contribution in [-0.2, 0) is 29.6 Å². The first-order valence-electron chi connectivity index (χ1n) is 9.51. The number of ether oxygens (including phenoxy) is 1. The van der Waals surface area contributed by atoms with Crippen LogP contribution in [0.2, 0.25) is 5.02 Å². The third kappa shape index (κ3) is 6.72. The van der Waals surface area contributed by atoms with Crippen LogP contribution in [0, 0.1) is 0 Å². The molecular formula is C21H21BrClN5O3S. The number of methoxy groups -OCH3 is 1. The number of nitrogens with one attached hydrogen (secondary N) is 2. The van der Waals surface area contributed by atoms with Crippen molar-refractivity contribution in [3.63, 3.8) is 0 Å². The molecule has 8 nitrogen and oxygen atoms in total. The van der Waals surface area contributed by atoms with E-state index in [1.54, 1.807) is 36.9 Å². The average Bonchev–Trinajstić information content (AvgIpc) is 3.13. The second kappa shape index (κ2) is 11.3. The number of carbonyl (C=O) groups is 2. The molecule has 0 saturated heterocycles. The van der Waals surface area contributed by atoms with Gasteiger partial charge in [0, 0.05) is 17.2 Å². The average molecular weight is 539 g/mol. The molecule has 1 heterocycles. The van der Waals surface area contributed by atoms with Gasteiger partial charge in [0.1, 0.15) is 5.75 Å². The molecule has 0 spiro atoms. The summed E-state index contributed by atoms with van der Waals surface area (Å²) in [6.45, 7) is 0.239. The van der Waals surface area contributed by atoms with Crippen molar-refractivity contribution >= 4 is 56.8 Å². The summed E-state index contributed by atoms with van der Waals surface area (Å²) in [6.07, 6.45) is 0.254. The van der Waals surface area contributed by atoms with Crippen LogP contribution >= 0.6 is 39.3 Å². The third-order valence-electron chi connectivity index (χ3n) is 4.43. The molecule has 3 rings (SSSR count). The molecule has 32 heavy (non-hydrogen) atoms. The van der Waals surface area contributed by atoms with Crippen LogP contribution < -0.4 is 15.4 Å². The monoisotopic (exact) mass is 537 g/mol. The molecule has 0 radical (unpaired) electrons. The van der Waals surface area contributed by atoms with E-state index < -0.39 is 0 Å². The van der Waals surface area contributed by atoms with Gasteiger partial charge in [0.2, 0.25) is 11.8 Å². The van der Waals surface area contributed by atoms with Crippen LogP contribution in [0.4, 0.5) is 5.69 Å². The molecular weight excluding hydrogens is 518 g/mol. The molecule has 2 aromatic carbocycles. The molecule has 3 aromatic rings. The van der Waals surface area contributed by atoms with Crippen LogP contribution in [-0.4, -0.2) is 39.4 Å². The summed E-state index contributed by atoms with van der Waals surface area (Å²) >= 11 is 10.6. The largest absolute Gasteiger partial charge is 0.497 e. The van der Waals surface area contributed by atoms with Gasteiger partial charge in [-0.1, -0.05) is 35.5 Å². The number of aromatic nitrogens is 3. The first-order valence-corrected chi connectivity index (χ1v) is 11.7. The van der Waals surface area contributed by atoms with Crippen molar-refractivity contribution in [2.75, 3.05) is 18.2 Å². The van der Waals surface area contributed by atoms with Gasteiger partial charge >= 0.3 is 0 Å². The lowest BCUT2D eigenvalue weighted by atomic mass is 10.1. The van der Waals surface area contributed by atoms with Gasteiger partial charge in [-0.05, 0) is 51.8 Å². The lowest BCUT2D eigenvalue weighted by molar-refractivity contribution is -0.120. The number of hydrogen-bond donors (Lipinski definition) is 2. The smallest absolute Gasteiger partial charge is 0.234 e. The molecule has 1 aromatic heterocycles. The molecule has 0 atom stereocenters. The zero-order valence-corrected chi connectivity index (χ0v) is 20.6. The van der Waals surface area contributed by atoms with Crippen molar-refractivity contribution in [1.82, 2.24) is 20.1 Å². The van der Waals surface area contributed by atoms with Gasteiger partial charge in [-0.3, -0.25) is 9.59 Å². The lowest BCUT2D eigenvalue weighted by Crippen LogP contribution is -2.26. The number of halogens is 2. The SMILES string of the molecule is COc1ccc(CC(=O)NCc2nnc(SCC(=O)Nc3ccc(Br)c(Cl)c3)n2C)cc1. The van der Waals surface area contributed by atoms with Crippen molar-refractivity contribution in [3.05, 3.63) is 63.3 Å². The standard InChI is InChI=1S/C21H21BrClN5O3S/c1-28-18(11-24-19(29)9-13-3-6-15(31-2)7-4-13)26-27-21(28)32-12-20(30)25-14-5-8-16(22)17(23)10-14/h3-8,10H,9,11-12H2,1-2H3,(H,24,29)(H,25,30). The van der Waals surface area contributed by atoms with E-state index in [9.17, 15) is 9.59 Å². The van der Waals surface area contributed by atoms with Crippen LogP contribution in [0.15, 0.2) is 52.1 Å². The summed E-state index contributed by atoms with van der Waals surface area (Å²) in [5.74, 6) is 1.18. The minimum atomic E-state index is -0.189. The number of benzene rings is 2. The summed E-state index contributed by atoms with van der Waals surface area (Å²) in [5, 5.41) is 14.9. The number of amides is 2. The van der Waals surface area contributed by atoms with Crippen molar-refractivity contribution in [2.24, 2.45) is 7.05 Å². The van der Waals surface area contributed by atoms with Crippen LogP contribution in [0.5, 0.6) is 5.75 Å². The minimum Gasteiger partial charge on any atom is -0.497 e. The third-order valence-corrected chi connectivity index (χ3v) is 6.68. The number of thioether (sulfide) groups is 1. The topological polar surface area (TPSA) is 98.1 Å². The summed E-state index contributed by atoms with van der Waals surface area (Å²) in [5.41, 5.74) is 1.50. The fourth-order valence-corrected chi connectivity index (χ4v) is 3.85. The van der Waals surface area contributed by atoms with Crippen LogP contribution in [0.25, 0.3) is 0 Å². The van der Waals surface area contributed by atoms with E-state index in [2.05, 4.69) is 36.8 Å². The van der Waals surface area contributed by atoms with E-state index >= 15 is 0 Å². The summed E-state index contributed by atoms with van der Waals surface area (Å²) in [7, 11) is 3.39. The highest BCUT2D eigenvalue weighted by atomic mass is 79.9. The molecule has 0 aliphatic heterocycles. The number of hydrogen-bond acceptors (Lipinski definition) is 6. The number of rotatable bonds is 9. The van der Waals surface area contributed by atoms with Gasteiger partial charge < -0.3 is 19.9 Å². The molecule has 0 saturated carbocycles. The Morgan fingerprint density at radius 1 is 1.16 bits per heavy atom. The van der Waals surface area contributed by atoms with E-state index in [1.165, 1.54) is 11.8 Å². The highest BCUT2D eigenvalue weighted by molar-refractivity contribution is 9.10. The molecule has 11 heteroatoms. The summed E-state index contributed by atoms with van der Waals surface area (Å²) in [4.78, 5) is 24.4. The Hall–Kier alpha value is -2.56. The zero-order valence-electron chi connectivity index (χ0n) is 17.4. The van der Waals surface area contributed by atoms with Crippen LogP contribution in [0.1, 0.15) is 11.4 Å². The highest BCUT2D eigenvalue weighted by Gasteiger charge is 2.13. The van der Waals surface area contributed by atoms with Crippen molar-refractivity contribution in [1.29, 1.82) is 0 Å². The Balaban J connectivity index is 1.47.